The number of nitrogens with one attached hydrogen (secondary N) is 2. The summed E-state index contributed by atoms with van der Waals surface area (Å²) in [6.07, 6.45) is 3.77. The van der Waals surface area contributed by atoms with E-state index in [4.69, 9.17) is 11.6 Å². The molecule has 72 valence electrons. The fourth-order valence-corrected chi connectivity index (χ4v) is 1.46. The van der Waals surface area contributed by atoms with E-state index in [2.05, 4.69) is 10.6 Å². The Balaban J connectivity index is 2.17. The molecule has 0 bridgehead atoms. The minimum atomic E-state index is -0.429. The zero-order chi connectivity index (χ0) is 9.97. The lowest BCUT2D eigenvalue weighted by Gasteiger charge is -2.12. The number of rotatable bonds is 2. The van der Waals surface area contributed by atoms with Crippen molar-refractivity contribution in [3.8, 4) is 0 Å². The molecule has 3 nitrogen and oxygen atoms in total. The van der Waals surface area contributed by atoms with Crippen molar-refractivity contribution in [3.05, 3.63) is 47.8 Å². The van der Waals surface area contributed by atoms with Crippen LogP contribution in [-0.4, -0.2) is 5.24 Å². The molecule has 0 saturated carbocycles. The maximum absolute atomic E-state index is 10.8. The molecular formula is C10H9ClN2O. The Morgan fingerprint density at radius 1 is 1.14 bits per heavy atom. The van der Waals surface area contributed by atoms with Crippen LogP contribution in [0.2, 0.25) is 0 Å². The summed E-state index contributed by atoms with van der Waals surface area (Å²) >= 11 is 5.33. The Labute approximate surface area is 86.8 Å². The Morgan fingerprint density at radius 2 is 1.71 bits per heavy atom. The Morgan fingerprint density at radius 3 is 2.21 bits per heavy atom. The van der Waals surface area contributed by atoms with E-state index in [1.165, 1.54) is 0 Å². The van der Waals surface area contributed by atoms with Gasteiger partial charge in [0.25, 0.3) is 5.24 Å². The molecule has 0 fully saturated rings. The van der Waals surface area contributed by atoms with Crippen molar-refractivity contribution >= 4 is 16.8 Å². The molecular weight excluding hydrogens is 200 g/mol. The molecule has 2 N–H and O–H groups in total. The standard InChI is InChI=1S/C10H9ClN2O/c11-9(14)7-1-3-8(4-2-7)10-12-5-6-13-10/h1-6,10,12-13H. The van der Waals surface area contributed by atoms with Crippen LogP contribution in [0.25, 0.3) is 0 Å². The van der Waals surface area contributed by atoms with Crippen LogP contribution < -0.4 is 10.6 Å². The van der Waals surface area contributed by atoms with Gasteiger partial charge in [-0.3, -0.25) is 4.79 Å². The molecule has 2 rings (SSSR count). The van der Waals surface area contributed by atoms with Crippen LogP contribution in [0.1, 0.15) is 22.1 Å². The number of carbonyl (C=O) groups excluding carboxylic acids is 1. The topological polar surface area (TPSA) is 41.1 Å². The summed E-state index contributed by atoms with van der Waals surface area (Å²) in [6, 6.07) is 7.17. The lowest BCUT2D eigenvalue weighted by atomic mass is 10.1. The Hall–Kier alpha value is -1.48. The lowest BCUT2D eigenvalue weighted by molar-refractivity contribution is 0.108. The van der Waals surface area contributed by atoms with Crippen molar-refractivity contribution in [3.63, 3.8) is 0 Å². The highest BCUT2D eigenvalue weighted by molar-refractivity contribution is 6.67. The highest BCUT2D eigenvalue weighted by atomic mass is 35.5. The minimum Gasteiger partial charge on any atom is -0.366 e. The zero-order valence-corrected chi connectivity index (χ0v) is 8.08. The van der Waals surface area contributed by atoms with Gasteiger partial charge in [0.1, 0.15) is 6.17 Å². The molecule has 4 heteroatoms. The van der Waals surface area contributed by atoms with Crippen molar-refractivity contribution in [2.24, 2.45) is 0 Å². The second kappa shape index (κ2) is 3.72. The van der Waals surface area contributed by atoms with E-state index in [1.807, 2.05) is 24.5 Å². The number of halogens is 1. The number of hydrogen-bond donors (Lipinski definition) is 2. The van der Waals surface area contributed by atoms with Crippen molar-refractivity contribution in [2.75, 3.05) is 0 Å². The van der Waals surface area contributed by atoms with Gasteiger partial charge in [-0.05, 0) is 29.3 Å². The molecule has 0 amide bonds. The Bertz CT molecular complexity index is 364. The van der Waals surface area contributed by atoms with Crippen LogP contribution in [0, 0.1) is 0 Å². The quantitative estimate of drug-likeness (QED) is 0.728. The maximum Gasteiger partial charge on any atom is 0.252 e. The van der Waals surface area contributed by atoms with Crippen LogP contribution in [0.15, 0.2) is 36.7 Å². The summed E-state index contributed by atoms with van der Waals surface area (Å²) in [5, 5.41) is 5.80. The van der Waals surface area contributed by atoms with Crippen molar-refractivity contribution in [2.45, 2.75) is 6.17 Å². The van der Waals surface area contributed by atoms with Gasteiger partial charge in [-0.1, -0.05) is 12.1 Å². The van der Waals surface area contributed by atoms with Crippen molar-refractivity contribution in [1.29, 1.82) is 0 Å². The molecule has 1 aliphatic rings. The molecule has 0 radical (unpaired) electrons. The summed E-state index contributed by atoms with van der Waals surface area (Å²) in [5.41, 5.74) is 1.58. The van der Waals surface area contributed by atoms with E-state index in [9.17, 15) is 4.79 Å². The second-order valence-electron chi connectivity index (χ2n) is 3.00. The highest BCUT2D eigenvalue weighted by Gasteiger charge is 2.10. The van der Waals surface area contributed by atoms with Crippen LogP contribution in [-0.2, 0) is 0 Å². The Kier molecular flexibility index (Phi) is 2.41. The molecule has 0 spiro atoms. The average Bonchev–Trinajstić information content (AvgIpc) is 2.71. The SMILES string of the molecule is O=C(Cl)c1ccc(C2NC=CN2)cc1. The monoisotopic (exact) mass is 208 g/mol. The predicted octanol–water partition coefficient (Wildman–Crippen LogP) is 1.73. The normalized spacial score (nSPS) is 14.9. The van der Waals surface area contributed by atoms with E-state index in [0.29, 0.717) is 5.56 Å². The van der Waals surface area contributed by atoms with Crippen molar-refractivity contribution < 1.29 is 4.79 Å². The first-order valence-electron chi connectivity index (χ1n) is 4.24. The largest absolute Gasteiger partial charge is 0.366 e. The van der Waals surface area contributed by atoms with Gasteiger partial charge in [-0.25, -0.2) is 0 Å². The van der Waals surface area contributed by atoms with Gasteiger partial charge in [-0.15, -0.1) is 0 Å². The number of benzene rings is 1. The molecule has 14 heavy (non-hydrogen) atoms. The molecule has 0 aliphatic carbocycles. The molecule has 0 unspecified atom stereocenters. The molecule has 0 aromatic heterocycles. The van der Waals surface area contributed by atoms with E-state index in [1.54, 1.807) is 12.1 Å². The molecule has 0 saturated heterocycles. The smallest absolute Gasteiger partial charge is 0.252 e. The van der Waals surface area contributed by atoms with Gasteiger partial charge in [0.2, 0.25) is 0 Å². The molecule has 1 heterocycles. The lowest BCUT2D eigenvalue weighted by Crippen LogP contribution is -2.20. The van der Waals surface area contributed by atoms with Gasteiger partial charge in [0, 0.05) is 18.0 Å². The van der Waals surface area contributed by atoms with Gasteiger partial charge in [0.15, 0.2) is 0 Å². The third kappa shape index (κ3) is 1.72. The van der Waals surface area contributed by atoms with Gasteiger partial charge >= 0.3 is 0 Å². The van der Waals surface area contributed by atoms with E-state index >= 15 is 0 Å². The minimum absolute atomic E-state index is 0.0921. The first kappa shape index (κ1) is 9.09. The average molecular weight is 209 g/mol. The van der Waals surface area contributed by atoms with Crippen LogP contribution in [0.5, 0.6) is 0 Å². The van der Waals surface area contributed by atoms with Gasteiger partial charge in [-0.2, -0.15) is 0 Å². The summed E-state index contributed by atoms with van der Waals surface area (Å²) < 4.78 is 0. The van der Waals surface area contributed by atoms with E-state index in [0.717, 1.165) is 5.56 Å². The molecule has 1 aliphatic heterocycles. The third-order valence-electron chi connectivity index (χ3n) is 2.08. The van der Waals surface area contributed by atoms with Crippen LogP contribution >= 0.6 is 11.6 Å². The highest BCUT2D eigenvalue weighted by Crippen LogP contribution is 2.14. The number of carbonyl (C=O) groups is 1. The maximum atomic E-state index is 10.8. The van der Waals surface area contributed by atoms with Gasteiger partial charge in [0.05, 0.1) is 0 Å². The third-order valence-corrected chi connectivity index (χ3v) is 2.30. The second-order valence-corrected chi connectivity index (χ2v) is 3.34. The number of hydrogen-bond acceptors (Lipinski definition) is 3. The first-order chi connectivity index (χ1) is 6.77. The molecule has 1 aromatic rings. The fourth-order valence-electron chi connectivity index (χ4n) is 1.34. The van der Waals surface area contributed by atoms with Crippen LogP contribution in [0.4, 0.5) is 0 Å². The summed E-state index contributed by atoms with van der Waals surface area (Å²) in [5.74, 6) is 0. The van der Waals surface area contributed by atoms with Crippen molar-refractivity contribution in [1.82, 2.24) is 10.6 Å². The van der Waals surface area contributed by atoms with Crippen LogP contribution in [0.3, 0.4) is 0 Å². The van der Waals surface area contributed by atoms with E-state index in [-0.39, 0.29) is 6.17 Å². The fraction of sp³-hybridized carbons (Fsp3) is 0.100. The molecule has 0 atom stereocenters. The predicted molar refractivity (Wildman–Crippen MR) is 54.8 cm³/mol. The van der Waals surface area contributed by atoms with Gasteiger partial charge < -0.3 is 10.6 Å². The zero-order valence-electron chi connectivity index (χ0n) is 7.33. The first-order valence-corrected chi connectivity index (χ1v) is 4.62. The summed E-state index contributed by atoms with van der Waals surface area (Å²) in [6.45, 7) is 0. The summed E-state index contributed by atoms with van der Waals surface area (Å²) in [7, 11) is 0. The van der Waals surface area contributed by atoms with E-state index < -0.39 is 5.24 Å². The molecule has 1 aromatic carbocycles. The summed E-state index contributed by atoms with van der Waals surface area (Å²) in [4.78, 5) is 10.8.